The summed E-state index contributed by atoms with van der Waals surface area (Å²) in [6.07, 6.45) is 1.68. The lowest BCUT2D eigenvalue weighted by Gasteiger charge is -2.24. The highest BCUT2D eigenvalue weighted by atomic mass is 16.2. The molecule has 0 aliphatic rings. The Bertz CT molecular complexity index is 307. The Morgan fingerprint density at radius 3 is 2.67 bits per heavy atom. The van der Waals surface area contributed by atoms with E-state index >= 15 is 0 Å². The third kappa shape index (κ3) is 3.06. The number of H-pyrrole nitrogens is 1. The summed E-state index contributed by atoms with van der Waals surface area (Å²) in [5, 5.41) is 6.67. The van der Waals surface area contributed by atoms with Crippen LogP contribution >= 0.6 is 0 Å². The zero-order chi connectivity index (χ0) is 11.4. The Kier molecular flexibility index (Phi) is 3.85. The van der Waals surface area contributed by atoms with Gasteiger partial charge in [0, 0.05) is 13.2 Å². The van der Waals surface area contributed by atoms with Crippen molar-refractivity contribution >= 4 is 5.91 Å². The molecule has 1 aromatic heterocycles. The van der Waals surface area contributed by atoms with E-state index in [-0.39, 0.29) is 11.9 Å². The van der Waals surface area contributed by atoms with Crippen LogP contribution in [0.25, 0.3) is 0 Å². The minimum atomic E-state index is -0.0991. The largest absolute Gasteiger partial charge is 0.339 e. The molecule has 0 spiro atoms. The van der Waals surface area contributed by atoms with E-state index in [1.807, 2.05) is 32.0 Å². The van der Waals surface area contributed by atoms with E-state index in [4.69, 9.17) is 0 Å². The topological polar surface area (TPSA) is 52.2 Å². The highest BCUT2D eigenvalue weighted by Gasteiger charge is 2.19. The maximum absolute atomic E-state index is 11.9. The van der Waals surface area contributed by atoms with E-state index in [1.54, 1.807) is 18.1 Å². The number of amides is 1. The Labute approximate surface area is 90.1 Å². The number of likely N-dealkylation sites (N-methyl/N-ethyl adjacent to an activating group) is 2. The number of nitrogens with zero attached hydrogens (tertiary/aromatic N) is 3. The number of carbonyl (C=O) groups excluding carboxylic acids is 1. The molecule has 1 amide bonds. The molecule has 0 fully saturated rings. The fraction of sp³-hybridized carbons (Fsp3) is 0.600. The minimum absolute atomic E-state index is 0.0991. The van der Waals surface area contributed by atoms with Crippen LogP contribution in [0, 0.1) is 0 Å². The third-order valence-electron chi connectivity index (χ3n) is 2.47. The molecule has 0 aliphatic carbocycles. The molecule has 0 bridgehead atoms. The second-order valence-corrected chi connectivity index (χ2v) is 3.92. The number of aromatic amines is 1. The van der Waals surface area contributed by atoms with Gasteiger partial charge in [-0.1, -0.05) is 0 Å². The molecular weight excluding hydrogens is 192 g/mol. The predicted octanol–water partition coefficient (Wildman–Crippen LogP) is 0.318. The SMILES string of the molecule is C[C@H](C(=O)N(C)Cc1ccn[nH]1)N(C)C. The fourth-order valence-corrected chi connectivity index (χ4v) is 1.25. The quantitative estimate of drug-likeness (QED) is 0.778. The number of aromatic nitrogens is 2. The van der Waals surface area contributed by atoms with Crippen LogP contribution in [0.4, 0.5) is 0 Å². The zero-order valence-corrected chi connectivity index (χ0v) is 9.69. The first-order chi connectivity index (χ1) is 7.02. The molecule has 1 N–H and O–H groups in total. The molecule has 0 aliphatic heterocycles. The Morgan fingerprint density at radius 1 is 1.53 bits per heavy atom. The van der Waals surface area contributed by atoms with Gasteiger partial charge >= 0.3 is 0 Å². The van der Waals surface area contributed by atoms with E-state index in [1.165, 1.54) is 0 Å². The average molecular weight is 210 g/mol. The van der Waals surface area contributed by atoms with Gasteiger partial charge in [-0.3, -0.25) is 14.8 Å². The van der Waals surface area contributed by atoms with Crippen molar-refractivity contribution in [2.75, 3.05) is 21.1 Å². The summed E-state index contributed by atoms with van der Waals surface area (Å²) in [6, 6.07) is 1.77. The standard InChI is InChI=1S/C10H18N4O/c1-8(13(2)3)10(15)14(4)7-9-5-6-11-12-9/h5-6,8H,7H2,1-4H3,(H,11,12)/t8-/m1/s1. The van der Waals surface area contributed by atoms with Gasteiger partial charge in [-0.15, -0.1) is 0 Å². The normalized spacial score (nSPS) is 12.9. The van der Waals surface area contributed by atoms with Crippen molar-refractivity contribution in [2.45, 2.75) is 19.5 Å². The monoisotopic (exact) mass is 210 g/mol. The van der Waals surface area contributed by atoms with Crippen molar-refractivity contribution < 1.29 is 4.79 Å². The molecule has 0 aromatic carbocycles. The van der Waals surface area contributed by atoms with E-state index in [0.717, 1.165) is 5.69 Å². The molecule has 84 valence electrons. The maximum atomic E-state index is 11.9. The molecule has 1 atom stereocenters. The van der Waals surface area contributed by atoms with Crippen molar-refractivity contribution in [1.82, 2.24) is 20.0 Å². The molecule has 0 saturated carbocycles. The van der Waals surface area contributed by atoms with Crippen molar-refractivity contribution in [3.8, 4) is 0 Å². The molecule has 0 unspecified atom stereocenters. The summed E-state index contributed by atoms with van der Waals surface area (Å²) >= 11 is 0. The van der Waals surface area contributed by atoms with Crippen LogP contribution < -0.4 is 0 Å². The fourth-order valence-electron chi connectivity index (χ4n) is 1.25. The maximum Gasteiger partial charge on any atom is 0.239 e. The predicted molar refractivity (Wildman–Crippen MR) is 58.2 cm³/mol. The van der Waals surface area contributed by atoms with Crippen molar-refractivity contribution in [2.24, 2.45) is 0 Å². The lowest BCUT2D eigenvalue weighted by atomic mass is 10.2. The summed E-state index contributed by atoms with van der Waals surface area (Å²) in [6.45, 7) is 2.46. The first-order valence-electron chi connectivity index (χ1n) is 4.92. The van der Waals surface area contributed by atoms with Gasteiger partial charge in [0.15, 0.2) is 0 Å². The van der Waals surface area contributed by atoms with E-state index in [9.17, 15) is 4.79 Å². The van der Waals surface area contributed by atoms with Crippen molar-refractivity contribution in [1.29, 1.82) is 0 Å². The van der Waals surface area contributed by atoms with Crippen molar-refractivity contribution in [3.05, 3.63) is 18.0 Å². The summed E-state index contributed by atoms with van der Waals surface area (Å²) < 4.78 is 0. The first-order valence-corrected chi connectivity index (χ1v) is 4.92. The molecule has 0 radical (unpaired) electrons. The van der Waals surface area contributed by atoms with Crippen LogP contribution in [0.2, 0.25) is 0 Å². The van der Waals surface area contributed by atoms with Crippen LogP contribution in [0.15, 0.2) is 12.3 Å². The second-order valence-electron chi connectivity index (χ2n) is 3.92. The second kappa shape index (κ2) is 4.93. The van der Waals surface area contributed by atoms with Gasteiger partial charge in [0.1, 0.15) is 0 Å². The number of rotatable bonds is 4. The van der Waals surface area contributed by atoms with Crippen LogP contribution in [0.5, 0.6) is 0 Å². The third-order valence-corrected chi connectivity index (χ3v) is 2.47. The minimum Gasteiger partial charge on any atom is -0.339 e. The zero-order valence-electron chi connectivity index (χ0n) is 9.69. The number of hydrogen-bond donors (Lipinski definition) is 1. The van der Waals surface area contributed by atoms with Gasteiger partial charge in [-0.2, -0.15) is 5.10 Å². The smallest absolute Gasteiger partial charge is 0.239 e. The number of nitrogens with one attached hydrogen (secondary N) is 1. The molecule has 1 heterocycles. The van der Waals surface area contributed by atoms with Gasteiger partial charge in [0.2, 0.25) is 5.91 Å². The van der Waals surface area contributed by atoms with Gasteiger partial charge in [0.05, 0.1) is 18.3 Å². The van der Waals surface area contributed by atoms with Gasteiger partial charge in [0.25, 0.3) is 0 Å². The van der Waals surface area contributed by atoms with Gasteiger partial charge in [-0.25, -0.2) is 0 Å². The van der Waals surface area contributed by atoms with E-state index in [2.05, 4.69) is 10.2 Å². The van der Waals surface area contributed by atoms with E-state index in [0.29, 0.717) is 6.54 Å². The molecule has 1 rings (SSSR count). The molecule has 1 aromatic rings. The highest BCUT2D eigenvalue weighted by Crippen LogP contribution is 2.02. The summed E-state index contributed by atoms with van der Waals surface area (Å²) in [5.41, 5.74) is 0.941. The molecule has 0 saturated heterocycles. The van der Waals surface area contributed by atoms with Gasteiger partial charge < -0.3 is 4.90 Å². The summed E-state index contributed by atoms with van der Waals surface area (Å²) in [5.74, 6) is 0.106. The number of hydrogen-bond acceptors (Lipinski definition) is 3. The van der Waals surface area contributed by atoms with Crippen LogP contribution in [0.1, 0.15) is 12.6 Å². The molecule has 15 heavy (non-hydrogen) atoms. The van der Waals surface area contributed by atoms with E-state index < -0.39 is 0 Å². The first kappa shape index (κ1) is 11.7. The average Bonchev–Trinajstić information content (AvgIpc) is 2.67. The van der Waals surface area contributed by atoms with Crippen LogP contribution in [-0.4, -0.2) is 53.1 Å². The Hall–Kier alpha value is -1.36. The van der Waals surface area contributed by atoms with Crippen LogP contribution in [-0.2, 0) is 11.3 Å². The molecule has 5 nitrogen and oxygen atoms in total. The summed E-state index contributed by atoms with van der Waals surface area (Å²) in [7, 11) is 5.59. The molecule has 5 heteroatoms. The molecular formula is C10H18N4O. The number of carbonyl (C=O) groups is 1. The highest BCUT2D eigenvalue weighted by molar-refractivity contribution is 5.81. The lowest BCUT2D eigenvalue weighted by molar-refractivity contribution is -0.134. The summed E-state index contributed by atoms with van der Waals surface area (Å²) in [4.78, 5) is 15.4. The van der Waals surface area contributed by atoms with Gasteiger partial charge in [-0.05, 0) is 27.1 Å². The van der Waals surface area contributed by atoms with Crippen LogP contribution in [0.3, 0.4) is 0 Å². The van der Waals surface area contributed by atoms with Crippen molar-refractivity contribution in [3.63, 3.8) is 0 Å². The Balaban J connectivity index is 2.54. The lowest BCUT2D eigenvalue weighted by Crippen LogP contribution is -2.42. The Morgan fingerprint density at radius 2 is 2.20 bits per heavy atom.